The van der Waals surface area contributed by atoms with E-state index >= 15 is 0 Å². The van der Waals surface area contributed by atoms with Crippen LogP contribution < -0.4 is 5.32 Å². The molecule has 6 heteroatoms. The molecule has 2 aliphatic heterocycles. The van der Waals surface area contributed by atoms with Gasteiger partial charge in [0.15, 0.2) is 11.6 Å². The number of carbonyl (C=O) groups excluding carboxylic acids is 3. The minimum Gasteiger partial charge on any atom is -0.508 e. The number of likely N-dealkylation sites (tertiary alicyclic amines) is 1. The van der Waals surface area contributed by atoms with Crippen LogP contribution in [-0.4, -0.2) is 41.1 Å². The zero-order valence-electron chi connectivity index (χ0n) is 17.3. The molecule has 2 spiro atoms. The molecular weight excluding hydrogens is 404 g/mol. The first-order chi connectivity index (χ1) is 15.4. The Morgan fingerprint density at radius 2 is 1.56 bits per heavy atom. The lowest BCUT2D eigenvalue weighted by atomic mass is 9.58. The van der Waals surface area contributed by atoms with Gasteiger partial charge in [-0.25, -0.2) is 0 Å². The number of aromatic hydroxyl groups is 1. The van der Waals surface area contributed by atoms with Crippen molar-refractivity contribution in [3.8, 4) is 5.75 Å². The van der Waals surface area contributed by atoms with E-state index in [1.165, 1.54) is 0 Å². The third-order valence-electron chi connectivity index (χ3n) is 7.42. The Balaban J connectivity index is 1.73. The number of hydrogen-bond acceptors (Lipinski definition) is 5. The summed E-state index contributed by atoms with van der Waals surface area (Å²) in [5.74, 6) is -1.64. The molecule has 6 nitrogen and oxygen atoms in total. The molecule has 2 heterocycles. The predicted octanol–water partition coefficient (Wildman–Crippen LogP) is 3.33. The SMILES string of the molecule is CN1C[C@H](c2cccc(O)c2)C2(C(=O)c3ccccc3C2=O)[C@@]12C(=O)Nc1ccccc12. The van der Waals surface area contributed by atoms with Crippen molar-refractivity contribution in [1.82, 2.24) is 4.90 Å². The van der Waals surface area contributed by atoms with Crippen molar-refractivity contribution in [3.63, 3.8) is 0 Å². The van der Waals surface area contributed by atoms with Gasteiger partial charge < -0.3 is 10.4 Å². The van der Waals surface area contributed by atoms with Crippen LogP contribution in [0.5, 0.6) is 5.75 Å². The van der Waals surface area contributed by atoms with Crippen molar-refractivity contribution in [3.05, 3.63) is 95.1 Å². The maximum atomic E-state index is 14.3. The van der Waals surface area contributed by atoms with E-state index in [9.17, 15) is 19.5 Å². The summed E-state index contributed by atoms with van der Waals surface area (Å²) in [6.45, 7) is 0.302. The lowest BCUT2D eigenvalue weighted by molar-refractivity contribution is -0.128. The molecule has 1 saturated heterocycles. The molecular formula is C26H20N2O4. The highest BCUT2D eigenvalue weighted by Crippen LogP contribution is 2.66. The van der Waals surface area contributed by atoms with E-state index in [1.54, 1.807) is 61.6 Å². The number of ketones is 2. The van der Waals surface area contributed by atoms with Crippen LogP contribution in [0.4, 0.5) is 5.69 Å². The van der Waals surface area contributed by atoms with Crippen molar-refractivity contribution in [1.29, 1.82) is 0 Å². The smallest absolute Gasteiger partial charge is 0.251 e. The van der Waals surface area contributed by atoms with Gasteiger partial charge in [-0.2, -0.15) is 0 Å². The van der Waals surface area contributed by atoms with Gasteiger partial charge in [0.2, 0.25) is 0 Å². The van der Waals surface area contributed by atoms with E-state index in [0.717, 1.165) is 0 Å². The van der Waals surface area contributed by atoms with Gasteiger partial charge in [-0.1, -0.05) is 54.6 Å². The molecule has 158 valence electrons. The lowest BCUT2D eigenvalue weighted by Crippen LogP contribution is -2.60. The summed E-state index contributed by atoms with van der Waals surface area (Å²) < 4.78 is 0. The Morgan fingerprint density at radius 1 is 0.906 bits per heavy atom. The predicted molar refractivity (Wildman–Crippen MR) is 118 cm³/mol. The number of para-hydroxylation sites is 1. The molecule has 3 aromatic carbocycles. The summed E-state index contributed by atoms with van der Waals surface area (Å²) >= 11 is 0. The molecule has 0 bridgehead atoms. The van der Waals surface area contributed by atoms with E-state index in [0.29, 0.717) is 34.5 Å². The van der Waals surface area contributed by atoms with Gasteiger partial charge in [0.25, 0.3) is 5.91 Å². The van der Waals surface area contributed by atoms with E-state index in [4.69, 9.17) is 0 Å². The van der Waals surface area contributed by atoms with Gasteiger partial charge in [0.05, 0.1) is 0 Å². The van der Waals surface area contributed by atoms with Crippen LogP contribution in [0.15, 0.2) is 72.8 Å². The van der Waals surface area contributed by atoms with Crippen LogP contribution in [-0.2, 0) is 10.3 Å². The van der Waals surface area contributed by atoms with Crippen LogP contribution in [0, 0.1) is 5.41 Å². The number of phenols is 1. The van der Waals surface area contributed by atoms with Crippen LogP contribution in [0.1, 0.15) is 37.8 Å². The Kier molecular flexibility index (Phi) is 3.64. The summed E-state index contributed by atoms with van der Waals surface area (Å²) in [5, 5.41) is 13.1. The van der Waals surface area contributed by atoms with Crippen molar-refractivity contribution >= 4 is 23.2 Å². The summed E-state index contributed by atoms with van der Waals surface area (Å²) in [4.78, 5) is 44.2. The van der Waals surface area contributed by atoms with Crippen LogP contribution >= 0.6 is 0 Å². The highest BCUT2D eigenvalue weighted by Gasteiger charge is 2.78. The molecule has 1 fully saturated rings. The Bertz CT molecular complexity index is 1310. The highest BCUT2D eigenvalue weighted by molar-refractivity contribution is 6.34. The topological polar surface area (TPSA) is 86.7 Å². The second kappa shape index (κ2) is 6.14. The molecule has 2 N–H and O–H groups in total. The van der Waals surface area contributed by atoms with E-state index in [1.807, 2.05) is 23.1 Å². The van der Waals surface area contributed by atoms with Crippen molar-refractivity contribution in [2.75, 3.05) is 18.9 Å². The number of rotatable bonds is 1. The number of nitrogens with zero attached hydrogens (tertiary/aromatic N) is 1. The summed E-state index contributed by atoms with van der Waals surface area (Å²) in [6, 6.07) is 20.7. The minimum absolute atomic E-state index is 0.0490. The number of phenolic OH excluding ortho intramolecular Hbond substituents is 1. The molecule has 0 unspecified atom stereocenters. The maximum absolute atomic E-state index is 14.3. The van der Waals surface area contributed by atoms with Crippen molar-refractivity contribution < 1.29 is 19.5 Å². The van der Waals surface area contributed by atoms with Gasteiger partial charge in [-0.3, -0.25) is 19.3 Å². The van der Waals surface area contributed by atoms with E-state index in [2.05, 4.69) is 5.32 Å². The quantitative estimate of drug-likeness (QED) is 0.585. The molecule has 0 radical (unpaired) electrons. The first-order valence-corrected chi connectivity index (χ1v) is 10.5. The van der Waals surface area contributed by atoms with Crippen molar-refractivity contribution in [2.24, 2.45) is 5.41 Å². The molecule has 32 heavy (non-hydrogen) atoms. The number of hydrogen-bond donors (Lipinski definition) is 2. The molecule has 3 aliphatic rings. The average molecular weight is 424 g/mol. The average Bonchev–Trinajstić information content (AvgIpc) is 3.34. The molecule has 1 amide bonds. The van der Waals surface area contributed by atoms with Crippen LogP contribution in [0.3, 0.4) is 0 Å². The maximum Gasteiger partial charge on any atom is 0.251 e. The summed E-state index contributed by atoms with van der Waals surface area (Å²) in [5.41, 5.74) is -0.603. The molecule has 6 rings (SSSR count). The molecule has 0 saturated carbocycles. The number of fused-ring (bicyclic) bond motifs is 4. The first kappa shape index (κ1) is 19.0. The van der Waals surface area contributed by atoms with Gasteiger partial charge in [0, 0.05) is 34.8 Å². The Labute approximate surface area is 184 Å². The summed E-state index contributed by atoms with van der Waals surface area (Å²) in [7, 11) is 1.79. The van der Waals surface area contributed by atoms with Crippen molar-refractivity contribution in [2.45, 2.75) is 11.5 Å². The second-order valence-corrected chi connectivity index (χ2v) is 8.75. The van der Waals surface area contributed by atoms with Crippen LogP contribution in [0.2, 0.25) is 0 Å². The monoisotopic (exact) mass is 424 g/mol. The van der Waals surface area contributed by atoms with E-state index < -0.39 is 16.9 Å². The Morgan fingerprint density at radius 3 is 2.25 bits per heavy atom. The second-order valence-electron chi connectivity index (χ2n) is 8.75. The number of carbonyl (C=O) groups is 3. The largest absolute Gasteiger partial charge is 0.508 e. The molecule has 1 aliphatic carbocycles. The fraction of sp³-hybridized carbons (Fsp3) is 0.192. The highest BCUT2D eigenvalue weighted by atomic mass is 16.3. The standard InChI is InChI=1S/C26H20N2O4/c1-28-14-20(15-7-6-8-16(29)13-15)25(22(30)17-9-2-3-10-18(17)23(25)31)26(28)19-11-4-5-12-21(19)27-24(26)32/h2-13,20,29H,14H2,1H3,(H,27,32)/t20-,26-/m1/s1. The van der Waals surface area contributed by atoms with Crippen LogP contribution in [0.25, 0.3) is 0 Å². The van der Waals surface area contributed by atoms with Gasteiger partial charge >= 0.3 is 0 Å². The zero-order chi connectivity index (χ0) is 22.3. The zero-order valence-corrected chi connectivity index (χ0v) is 17.3. The number of benzene rings is 3. The number of likely N-dealkylation sites (N-methyl/N-ethyl adjacent to an activating group) is 1. The normalized spacial score (nSPS) is 25.4. The number of Topliss-reactive ketones (excluding diaryl/α,β-unsaturated/α-hetero) is 2. The number of nitrogens with one attached hydrogen (secondary N) is 1. The van der Waals surface area contributed by atoms with E-state index in [-0.39, 0.29) is 23.2 Å². The lowest BCUT2D eigenvalue weighted by Gasteiger charge is -2.42. The van der Waals surface area contributed by atoms with Gasteiger partial charge in [-0.05, 0) is 30.8 Å². The molecule has 2 atom stereocenters. The molecule has 3 aromatic rings. The van der Waals surface area contributed by atoms with Gasteiger partial charge in [0.1, 0.15) is 16.7 Å². The number of amides is 1. The Hall–Kier alpha value is -3.77. The fourth-order valence-corrected chi connectivity index (χ4v) is 6.26. The minimum atomic E-state index is -1.68. The first-order valence-electron chi connectivity index (χ1n) is 10.5. The summed E-state index contributed by atoms with van der Waals surface area (Å²) in [6.07, 6.45) is 0. The third-order valence-corrected chi connectivity index (χ3v) is 7.42. The number of anilines is 1. The third kappa shape index (κ3) is 1.92. The fourth-order valence-electron chi connectivity index (χ4n) is 6.26. The molecule has 0 aromatic heterocycles. The van der Waals surface area contributed by atoms with Gasteiger partial charge in [-0.15, -0.1) is 0 Å².